The largest absolute Gasteiger partial charge is 0.455 e. The summed E-state index contributed by atoms with van der Waals surface area (Å²) in [5.41, 5.74) is -10.3. The molecule has 1 N–H and O–H groups in total. The quantitative estimate of drug-likeness (QED) is 0.407. The Kier molecular flexibility index (Phi) is 6.40. The molecule has 1 atom stereocenters. The van der Waals surface area contributed by atoms with E-state index in [1.54, 1.807) is 34.6 Å². The molecule has 0 aromatic rings. The van der Waals surface area contributed by atoms with E-state index in [4.69, 9.17) is 0 Å². The molecule has 9 heteroatoms. The van der Waals surface area contributed by atoms with Gasteiger partial charge in [-0.1, -0.05) is 32.4 Å². The van der Waals surface area contributed by atoms with Gasteiger partial charge < -0.3 is 9.84 Å². The van der Waals surface area contributed by atoms with Gasteiger partial charge in [0.25, 0.3) is 5.60 Å². The van der Waals surface area contributed by atoms with E-state index in [-0.39, 0.29) is 0 Å². The van der Waals surface area contributed by atoms with Gasteiger partial charge in [-0.3, -0.25) is 4.79 Å². The number of esters is 1. The van der Waals surface area contributed by atoms with Crippen molar-refractivity contribution < 1.29 is 41.0 Å². The number of ether oxygens (including phenoxy) is 1. The maximum absolute atomic E-state index is 13.1. The summed E-state index contributed by atoms with van der Waals surface area (Å²) in [7, 11) is 0. The summed E-state index contributed by atoms with van der Waals surface area (Å²) < 4.78 is 83.4. The van der Waals surface area contributed by atoms with Gasteiger partial charge in [-0.25, -0.2) is 0 Å². The Balaban J connectivity index is 6.29. The van der Waals surface area contributed by atoms with E-state index in [1.165, 1.54) is 13.0 Å². The Labute approximate surface area is 149 Å². The zero-order valence-corrected chi connectivity index (χ0v) is 16.1. The van der Waals surface area contributed by atoms with Crippen LogP contribution in [0.5, 0.6) is 0 Å². The highest BCUT2D eigenvalue weighted by Crippen LogP contribution is 2.52. The third-order valence-corrected chi connectivity index (χ3v) is 4.60. The molecule has 0 saturated carbocycles. The van der Waals surface area contributed by atoms with Crippen molar-refractivity contribution in [3.63, 3.8) is 0 Å². The van der Waals surface area contributed by atoms with Crippen molar-refractivity contribution in [1.82, 2.24) is 0 Å². The van der Waals surface area contributed by atoms with E-state index in [0.717, 1.165) is 0 Å². The number of allylic oxidation sites excluding steroid dienone is 1. The second-order valence-electron chi connectivity index (χ2n) is 8.28. The number of carbonyl (C=O) groups is 1. The third kappa shape index (κ3) is 4.18. The molecular weight excluding hydrogens is 366 g/mol. The fraction of sp³-hybridized carbons (Fsp3) is 0.824. The minimum absolute atomic E-state index is 0.386. The fourth-order valence-corrected chi connectivity index (χ4v) is 2.41. The van der Waals surface area contributed by atoms with E-state index < -0.39 is 40.4 Å². The van der Waals surface area contributed by atoms with Gasteiger partial charge in [0.05, 0.1) is 5.41 Å². The molecule has 3 nitrogen and oxygen atoms in total. The summed E-state index contributed by atoms with van der Waals surface area (Å²) in [5.74, 6) is -1.30. The lowest BCUT2D eigenvalue weighted by molar-refractivity contribution is -0.408. The minimum Gasteiger partial charge on any atom is -0.455 e. The van der Waals surface area contributed by atoms with Crippen LogP contribution >= 0.6 is 0 Å². The molecule has 26 heavy (non-hydrogen) atoms. The van der Waals surface area contributed by atoms with Crippen LogP contribution in [0.1, 0.15) is 55.4 Å². The summed E-state index contributed by atoms with van der Waals surface area (Å²) in [6.07, 6.45) is -10.8. The Bertz CT molecular complexity index is 549. The van der Waals surface area contributed by atoms with Crippen molar-refractivity contribution in [2.75, 3.05) is 0 Å². The molecule has 1 unspecified atom stereocenters. The Morgan fingerprint density at radius 3 is 1.42 bits per heavy atom. The van der Waals surface area contributed by atoms with Gasteiger partial charge in [0.1, 0.15) is 0 Å². The summed E-state index contributed by atoms with van der Waals surface area (Å²) >= 11 is 0. The van der Waals surface area contributed by atoms with E-state index in [9.17, 15) is 36.2 Å². The van der Waals surface area contributed by atoms with Crippen LogP contribution in [0.15, 0.2) is 11.6 Å². The first-order chi connectivity index (χ1) is 11.0. The first-order valence-electron chi connectivity index (χ1n) is 7.80. The number of hydrogen-bond acceptors (Lipinski definition) is 3. The summed E-state index contributed by atoms with van der Waals surface area (Å²) in [6, 6.07) is 0. The lowest BCUT2D eigenvalue weighted by Gasteiger charge is -2.46. The molecule has 0 aromatic carbocycles. The van der Waals surface area contributed by atoms with Gasteiger partial charge in [-0.2, -0.15) is 26.3 Å². The molecule has 0 rings (SSSR count). The molecule has 0 aliphatic heterocycles. The SMILES string of the molecule is CC(C)=CC(C)(C(=O)OC(C)(C)C(O)(C(F)(F)F)C(F)(F)F)C(C)(C)C. The molecule has 0 spiro atoms. The summed E-state index contributed by atoms with van der Waals surface area (Å²) in [4.78, 5) is 12.7. The van der Waals surface area contributed by atoms with E-state index in [0.29, 0.717) is 19.4 Å². The third-order valence-electron chi connectivity index (χ3n) is 4.60. The maximum atomic E-state index is 13.1. The zero-order valence-electron chi connectivity index (χ0n) is 16.1. The fourth-order valence-electron chi connectivity index (χ4n) is 2.41. The van der Waals surface area contributed by atoms with Crippen LogP contribution in [0.25, 0.3) is 0 Å². The van der Waals surface area contributed by atoms with Gasteiger partial charge in [-0.05, 0) is 40.0 Å². The summed E-state index contributed by atoms with van der Waals surface area (Å²) in [6.45, 7) is 10.2. The predicted molar refractivity (Wildman–Crippen MR) is 84.2 cm³/mol. The van der Waals surface area contributed by atoms with Crippen LogP contribution in [0.3, 0.4) is 0 Å². The smallest absolute Gasteiger partial charge is 0.430 e. The van der Waals surface area contributed by atoms with Crippen LogP contribution in [0.4, 0.5) is 26.3 Å². The van der Waals surface area contributed by atoms with E-state index in [2.05, 4.69) is 4.74 Å². The van der Waals surface area contributed by atoms with Crippen LogP contribution in [0.2, 0.25) is 0 Å². The lowest BCUT2D eigenvalue weighted by atomic mass is 9.67. The maximum Gasteiger partial charge on any atom is 0.430 e. The van der Waals surface area contributed by atoms with Crippen molar-refractivity contribution >= 4 is 5.97 Å². The highest BCUT2D eigenvalue weighted by Gasteiger charge is 2.79. The second-order valence-corrected chi connectivity index (χ2v) is 8.28. The van der Waals surface area contributed by atoms with Crippen molar-refractivity contribution in [2.45, 2.75) is 78.9 Å². The average Bonchev–Trinajstić information content (AvgIpc) is 2.31. The first-order valence-corrected chi connectivity index (χ1v) is 7.80. The number of aliphatic hydroxyl groups is 1. The lowest BCUT2D eigenvalue weighted by Crippen LogP contribution is -2.70. The van der Waals surface area contributed by atoms with Crippen molar-refractivity contribution in [1.29, 1.82) is 0 Å². The standard InChI is InChI=1S/C17H26F6O3/c1-10(2)9-14(8,12(3,4)5)11(24)26-13(6,7)15(25,16(18,19)20)17(21,22)23/h9,25H,1-8H3. The van der Waals surface area contributed by atoms with Crippen molar-refractivity contribution in [3.05, 3.63) is 11.6 Å². The van der Waals surface area contributed by atoms with Gasteiger partial charge in [0, 0.05) is 0 Å². The Morgan fingerprint density at radius 2 is 1.19 bits per heavy atom. The number of hydrogen-bond donors (Lipinski definition) is 1. The average molecular weight is 392 g/mol. The predicted octanol–water partition coefficient (Wildman–Crippen LogP) is 5.18. The monoisotopic (exact) mass is 392 g/mol. The highest BCUT2D eigenvalue weighted by molar-refractivity contribution is 5.80. The van der Waals surface area contributed by atoms with Crippen molar-refractivity contribution in [2.24, 2.45) is 10.8 Å². The molecule has 0 saturated heterocycles. The molecule has 0 aliphatic rings. The van der Waals surface area contributed by atoms with Crippen LogP contribution in [0, 0.1) is 10.8 Å². The topological polar surface area (TPSA) is 46.5 Å². The number of carbonyl (C=O) groups excluding carboxylic acids is 1. The highest BCUT2D eigenvalue weighted by atomic mass is 19.4. The number of alkyl halides is 6. The Hall–Kier alpha value is -1.25. The van der Waals surface area contributed by atoms with Crippen LogP contribution in [-0.2, 0) is 9.53 Å². The van der Waals surface area contributed by atoms with Gasteiger partial charge in [0.2, 0.25) is 0 Å². The molecule has 0 amide bonds. The number of halogens is 6. The van der Waals surface area contributed by atoms with Crippen LogP contribution < -0.4 is 0 Å². The van der Waals surface area contributed by atoms with Gasteiger partial charge in [-0.15, -0.1) is 0 Å². The molecule has 0 aromatic heterocycles. The zero-order chi connectivity index (χ0) is 21.6. The summed E-state index contributed by atoms with van der Waals surface area (Å²) in [5, 5.41) is 9.57. The molecule has 0 bridgehead atoms. The molecule has 0 fully saturated rings. The number of rotatable bonds is 4. The molecule has 0 aliphatic carbocycles. The van der Waals surface area contributed by atoms with Gasteiger partial charge in [0.15, 0.2) is 5.60 Å². The van der Waals surface area contributed by atoms with E-state index in [1.807, 2.05) is 0 Å². The van der Waals surface area contributed by atoms with Crippen molar-refractivity contribution in [3.8, 4) is 0 Å². The molecule has 0 radical (unpaired) electrons. The molecule has 0 heterocycles. The molecular formula is C17H26F6O3. The van der Waals surface area contributed by atoms with Crippen LogP contribution in [-0.4, -0.2) is 34.6 Å². The minimum atomic E-state index is -6.11. The first kappa shape index (κ1) is 24.8. The normalized spacial score (nSPS) is 16.7. The van der Waals surface area contributed by atoms with E-state index >= 15 is 0 Å². The molecule has 154 valence electrons. The Morgan fingerprint density at radius 1 is 0.846 bits per heavy atom. The second kappa shape index (κ2) is 6.73. The van der Waals surface area contributed by atoms with Gasteiger partial charge >= 0.3 is 18.3 Å².